The third kappa shape index (κ3) is 2.42. The molecule has 1 aromatic carbocycles. The second-order valence-electron chi connectivity index (χ2n) is 5.07. The van der Waals surface area contributed by atoms with Gasteiger partial charge in [0.1, 0.15) is 23.4 Å². The Bertz CT molecular complexity index is 793. The average Bonchev–Trinajstić information content (AvgIpc) is 3.01. The number of oxazole rings is 1. The lowest BCUT2D eigenvalue weighted by Crippen LogP contribution is -2.11. The van der Waals surface area contributed by atoms with Crippen LogP contribution in [-0.4, -0.2) is 14.5 Å². The van der Waals surface area contributed by atoms with Gasteiger partial charge in [-0.15, -0.1) is 11.6 Å². The predicted molar refractivity (Wildman–Crippen MR) is 79.0 cm³/mol. The molecule has 0 saturated heterocycles. The van der Waals surface area contributed by atoms with Crippen LogP contribution in [0.5, 0.6) is 0 Å². The number of aryl methyl sites for hydroxylation is 1. The highest BCUT2D eigenvalue weighted by Crippen LogP contribution is 2.31. The quantitative estimate of drug-likeness (QED) is 0.674. The number of hydrogen-bond acceptors (Lipinski definition) is 3. The molecule has 6 heteroatoms. The third-order valence-corrected chi connectivity index (χ3v) is 3.61. The molecule has 0 saturated carbocycles. The van der Waals surface area contributed by atoms with Gasteiger partial charge in [0.2, 0.25) is 5.89 Å². The van der Waals surface area contributed by atoms with Crippen molar-refractivity contribution in [1.29, 1.82) is 0 Å². The van der Waals surface area contributed by atoms with Gasteiger partial charge in [-0.2, -0.15) is 0 Å². The van der Waals surface area contributed by atoms with E-state index in [1.54, 1.807) is 12.3 Å². The van der Waals surface area contributed by atoms with Crippen molar-refractivity contribution >= 4 is 22.6 Å². The molecule has 0 N–H and O–H groups in total. The topological polar surface area (TPSA) is 43.9 Å². The molecule has 2 unspecified atom stereocenters. The number of nitrogens with zero attached hydrogens (tertiary/aromatic N) is 3. The van der Waals surface area contributed by atoms with Crippen LogP contribution in [0.1, 0.15) is 42.7 Å². The van der Waals surface area contributed by atoms with Crippen LogP contribution in [0, 0.1) is 12.7 Å². The molecule has 0 aliphatic carbocycles. The average molecular weight is 308 g/mol. The molecule has 0 aliphatic rings. The first-order valence-corrected chi connectivity index (χ1v) is 7.15. The number of fused-ring (bicyclic) bond motifs is 1. The fourth-order valence-electron chi connectivity index (χ4n) is 2.45. The monoisotopic (exact) mass is 307 g/mol. The lowest BCUT2D eigenvalue weighted by atomic mass is 10.2. The zero-order valence-corrected chi connectivity index (χ0v) is 12.7. The van der Waals surface area contributed by atoms with E-state index in [4.69, 9.17) is 16.0 Å². The standard InChI is InChI=1S/C15H15ClFN3O/c1-8-7-18-15(21-8)10(3)20-13-5-4-11(17)6-12(13)19-14(20)9(2)16/h4-7,9-10H,1-3H3. The third-order valence-electron chi connectivity index (χ3n) is 3.42. The van der Waals surface area contributed by atoms with E-state index < -0.39 is 0 Å². The van der Waals surface area contributed by atoms with Crippen LogP contribution in [0.4, 0.5) is 4.39 Å². The lowest BCUT2D eigenvalue weighted by Gasteiger charge is -2.15. The molecule has 110 valence electrons. The molecule has 2 heterocycles. The van der Waals surface area contributed by atoms with Crippen molar-refractivity contribution in [3.8, 4) is 0 Å². The van der Waals surface area contributed by atoms with Crippen LogP contribution in [0.3, 0.4) is 0 Å². The Hall–Kier alpha value is -1.88. The highest BCUT2D eigenvalue weighted by Gasteiger charge is 2.23. The van der Waals surface area contributed by atoms with E-state index in [0.29, 0.717) is 17.2 Å². The number of hydrogen-bond donors (Lipinski definition) is 0. The number of imidazole rings is 1. The van der Waals surface area contributed by atoms with Gasteiger partial charge in [-0.05, 0) is 32.9 Å². The Labute approximate surface area is 126 Å². The normalized spacial score (nSPS) is 14.5. The van der Waals surface area contributed by atoms with Gasteiger partial charge in [0.15, 0.2) is 0 Å². The first-order chi connectivity index (χ1) is 9.97. The molecule has 0 bridgehead atoms. The van der Waals surface area contributed by atoms with Crippen LogP contribution in [-0.2, 0) is 0 Å². The van der Waals surface area contributed by atoms with Crippen LogP contribution >= 0.6 is 11.6 Å². The molecule has 2 aromatic heterocycles. The molecule has 0 spiro atoms. The molecule has 0 aliphatic heterocycles. The van der Waals surface area contributed by atoms with Crippen LogP contribution in [0.25, 0.3) is 11.0 Å². The zero-order valence-electron chi connectivity index (χ0n) is 12.0. The van der Waals surface area contributed by atoms with E-state index in [1.807, 2.05) is 25.3 Å². The Morgan fingerprint density at radius 2 is 2.10 bits per heavy atom. The molecule has 0 amide bonds. The van der Waals surface area contributed by atoms with E-state index >= 15 is 0 Å². The molecule has 3 rings (SSSR count). The minimum atomic E-state index is -0.319. The van der Waals surface area contributed by atoms with Gasteiger partial charge in [0.25, 0.3) is 0 Å². The summed E-state index contributed by atoms with van der Waals surface area (Å²) in [5.74, 6) is 1.67. The van der Waals surface area contributed by atoms with E-state index in [1.165, 1.54) is 12.1 Å². The number of aromatic nitrogens is 3. The van der Waals surface area contributed by atoms with Gasteiger partial charge in [-0.25, -0.2) is 14.4 Å². The number of benzene rings is 1. The minimum absolute atomic E-state index is 0.176. The Balaban J connectivity index is 2.21. The van der Waals surface area contributed by atoms with Crippen molar-refractivity contribution in [2.75, 3.05) is 0 Å². The summed E-state index contributed by atoms with van der Waals surface area (Å²) in [5, 5.41) is -0.307. The summed E-state index contributed by atoms with van der Waals surface area (Å²) >= 11 is 6.23. The summed E-state index contributed by atoms with van der Waals surface area (Å²) in [6.45, 7) is 5.64. The predicted octanol–water partition coefficient (Wildman–Crippen LogP) is 4.38. The maximum absolute atomic E-state index is 13.4. The van der Waals surface area contributed by atoms with Gasteiger partial charge in [-0.3, -0.25) is 0 Å². The number of halogens is 2. The van der Waals surface area contributed by atoms with Crippen molar-refractivity contribution in [2.24, 2.45) is 0 Å². The SMILES string of the molecule is Cc1cnc(C(C)n2c(C(C)Cl)nc3cc(F)ccc32)o1. The van der Waals surface area contributed by atoms with Crippen LogP contribution < -0.4 is 0 Å². The van der Waals surface area contributed by atoms with Crippen molar-refractivity contribution in [3.63, 3.8) is 0 Å². The maximum atomic E-state index is 13.4. The molecule has 21 heavy (non-hydrogen) atoms. The van der Waals surface area contributed by atoms with Gasteiger partial charge in [0.05, 0.1) is 22.6 Å². The first kappa shape index (κ1) is 14.1. The van der Waals surface area contributed by atoms with Crippen LogP contribution in [0.15, 0.2) is 28.8 Å². The molecule has 3 aromatic rings. The van der Waals surface area contributed by atoms with Gasteiger partial charge >= 0.3 is 0 Å². The zero-order chi connectivity index (χ0) is 15.1. The van der Waals surface area contributed by atoms with Crippen molar-refractivity contribution in [3.05, 3.63) is 47.7 Å². The fraction of sp³-hybridized carbons (Fsp3) is 0.333. The molecule has 0 radical (unpaired) electrons. The van der Waals surface area contributed by atoms with Gasteiger partial charge < -0.3 is 8.98 Å². The number of alkyl halides is 1. The molecular formula is C15H15ClFN3O. The highest BCUT2D eigenvalue weighted by atomic mass is 35.5. The number of rotatable bonds is 3. The van der Waals surface area contributed by atoms with Crippen molar-refractivity contribution in [2.45, 2.75) is 32.2 Å². The largest absolute Gasteiger partial charge is 0.444 e. The second kappa shape index (κ2) is 5.15. The van der Waals surface area contributed by atoms with E-state index in [0.717, 1.165) is 11.3 Å². The van der Waals surface area contributed by atoms with E-state index in [9.17, 15) is 4.39 Å². The van der Waals surface area contributed by atoms with E-state index in [-0.39, 0.29) is 17.2 Å². The summed E-state index contributed by atoms with van der Waals surface area (Å²) < 4.78 is 20.9. The van der Waals surface area contributed by atoms with Gasteiger partial charge in [-0.1, -0.05) is 0 Å². The minimum Gasteiger partial charge on any atom is -0.444 e. The Kier molecular flexibility index (Phi) is 3.45. The summed E-state index contributed by atoms with van der Waals surface area (Å²) in [7, 11) is 0. The Morgan fingerprint density at radius 3 is 2.71 bits per heavy atom. The summed E-state index contributed by atoms with van der Waals surface area (Å²) in [5.41, 5.74) is 1.38. The fourth-order valence-corrected chi connectivity index (χ4v) is 2.61. The summed E-state index contributed by atoms with van der Waals surface area (Å²) in [4.78, 5) is 8.71. The molecule has 4 nitrogen and oxygen atoms in total. The first-order valence-electron chi connectivity index (χ1n) is 6.71. The molecular weight excluding hydrogens is 293 g/mol. The van der Waals surface area contributed by atoms with E-state index in [2.05, 4.69) is 9.97 Å². The smallest absolute Gasteiger partial charge is 0.217 e. The summed E-state index contributed by atoms with van der Waals surface area (Å²) in [6, 6.07) is 4.34. The highest BCUT2D eigenvalue weighted by molar-refractivity contribution is 6.20. The Morgan fingerprint density at radius 1 is 1.33 bits per heavy atom. The van der Waals surface area contributed by atoms with Crippen molar-refractivity contribution in [1.82, 2.24) is 14.5 Å². The summed E-state index contributed by atoms with van der Waals surface area (Å²) in [6.07, 6.45) is 1.68. The lowest BCUT2D eigenvalue weighted by molar-refractivity contribution is 0.414. The molecule has 0 fully saturated rings. The molecule has 2 atom stereocenters. The second-order valence-corrected chi connectivity index (χ2v) is 5.73. The van der Waals surface area contributed by atoms with Crippen molar-refractivity contribution < 1.29 is 8.81 Å². The maximum Gasteiger partial charge on any atom is 0.217 e. The van der Waals surface area contributed by atoms with Crippen LogP contribution in [0.2, 0.25) is 0 Å². The van der Waals surface area contributed by atoms with Gasteiger partial charge in [0, 0.05) is 6.07 Å².